The molecular weight excluding hydrogens is 194 g/mol. The highest BCUT2D eigenvalue weighted by Gasteiger charge is 2.35. The van der Waals surface area contributed by atoms with Gasteiger partial charge in [0, 0.05) is 6.20 Å². The molecule has 0 aliphatic carbocycles. The summed E-state index contributed by atoms with van der Waals surface area (Å²) in [5.41, 5.74) is -1.61. The van der Waals surface area contributed by atoms with Gasteiger partial charge in [-0.1, -0.05) is 6.07 Å². The third-order valence-corrected chi connectivity index (χ3v) is 1.77. The number of carbonyl (C=O) groups excluding carboxylic acids is 1. The van der Waals surface area contributed by atoms with Crippen LogP contribution in [-0.4, -0.2) is 16.1 Å². The van der Waals surface area contributed by atoms with Crippen LogP contribution in [0, 0.1) is 0 Å². The van der Waals surface area contributed by atoms with Crippen LogP contribution in [0.15, 0.2) is 24.4 Å². The second-order valence-corrected chi connectivity index (χ2v) is 2.81. The maximum absolute atomic E-state index is 11.0. The van der Waals surface area contributed by atoms with Crippen LogP contribution in [0.5, 0.6) is 0 Å². The minimum absolute atomic E-state index is 0.195. The molecule has 1 N–H and O–H groups in total. The van der Waals surface area contributed by atoms with E-state index in [2.05, 4.69) is 9.27 Å². The Bertz CT molecular complexity index is 300. The quantitative estimate of drug-likeness (QED) is 0.775. The van der Waals surface area contributed by atoms with Crippen LogP contribution in [0.1, 0.15) is 12.6 Å². The number of halogens is 1. The molecule has 1 atom stereocenters. The van der Waals surface area contributed by atoms with E-state index in [1.54, 1.807) is 12.1 Å². The molecule has 0 fully saturated rings. The Labute approximate surface area is 80.3 Å². The average Bonchev–Trinajstić information content (AvgIpc) is 2.18. The number of hydrogen-bond donors (Lipinski definition) is 1. The molecular formula is C8H8ClNO3. The first-order valence-electron chi connectivity index (χ1n) is 3.56. The summed E-state index contributed by atoms with van der Waals surface area (Å²) in [6, 6.07) is 4.83. The van der Waals surface area contributed by atoms with Crippen molar-refractivity contribution in [1.29, 1.82) is 0 Å². The van der Waals surface area contributed by atoms with Crippen LogP contribution in [0.4, 0.5) is 0 Å². The largest absolute Gasteiger partial charge is 0.373 e. The first kappa shape index (κ1) is 9.95. The van der Waals surface area contributed by atoms with Crippen molar-refractivity contribution in [2.45, 2.75) is 12.5 Å². The van der Waals surface area contributed by atoms with Gasteiger partial charge in [-0.3, -0.25) is 4.98 Å². The molecule has 13 heavy (non-hydrogen) atoms. The Kier molecular flexibility index (Phi) is 2.85. The van der Waals surface area contributed by atoms with Crippen LogP contribution < -0.4 is 0 Å². The Morgan fingerprint density at radius 3 is 2.85 bits per heavy atom. The predicted molar refractivity (Wildman–Crippen MR) is 45.8 cm³/mol. The molecule has 70 valence electrons. The van der Waals surface area contributed by atoms with E-state index in [9.17, 15) is 9.90 Å². The van der Waals surface area contributed by atoms with Crippen molar-refractivity contribution in [3.05, 3.63) is 30.1 Å². The maximum atomic E-state index is 11.0. The van der Waals surface area contributed by atoms with Crippen LogP contribution in [-0.2, 0) is 14.7 Å². The zero-order valence-corrected chi connectivity index (χ0v) is 7.65. The monoisotopic (exact) mass is 201 g/mol. The van der Waals surface area contributed by atoms with E-state index in [1.165, 1.54) is 19.2 Å². The summed E-state index contributed by atoms with van der Waals surface area (Å²) in [5, 5.41) is 9.63. The smallest absolute Gasteiger partial charge is 0.362 e. The molecule has 0 saturated carbocycles. The lowest BCUT2D eigenvalue weighted by Gasteiger charge is -2.17. The molecule has 4 nitrogen and oxygen atoms in total. The molecule has 0 aromatic carbocycles. The van der Waals surface area contributed by atoms with E-state index in [1.807, 2.05) is 0 Å². The van der Waals surface area contributed by atoms with Gasteiger partial charge in [-0.25, -0.2) is 4.79 Å². The van der Waals surface area contributed by atoms with E-state index in [4.69, 9.17) is 11.9 Å². The molecule has 1 aromatic rings. The first-order valence-corrected chi connectivity index (χ1v) is 3.87. The molecule has 0 aliphatic heterocycles. The van der Waals surface area contributed by atoms with Gasteiger partial charge in [-0.2, -0.15) is 0 Å². The lowest BCUT2D eigenvalue weighted by atomic mass is 10.0. The molecule has 1 heterocycles. The van der Waals surface area contributed by atoms with E-state index in [0.717, 1.165) is 0 Å². The van der Waals surface area contributed by atoms with Crippen molar-refractivity contribution in [3.8, 4) is 0 Å². The van der Waals surface area contributed by atoms with Gasteiger partial charge < -0.3 is 9.40 Å². The number of hydrogen-bond acceptors (Lipinski definition) is 4. The number of pyridine rings is 1. The van der Waals surface area contributed by atoms with E-state index in [0.29, 0.717) is 0 Å². The van der Waals surface area contributed by atoms with Crippen molar-refractivity contribution in [1.82, 2.24) is 4.98 Å². The maximum Gasteiger partial charge on any atom is 0.362 e. The van der Waals surface area contributed by atoms with Crippen molar-refractivity contribution in [2.24, 2.45) is 0 Å². The van der Waals surface area contributed by atoms with Crippen molar-refractivity contribution in [3.63, 3.8) is 0 Å². The van der Waals surface area contributed by atoms with Crippen molar-refractivity contribution >= 4 is 17.8 Å². The summed E-state index contributed by atoms with van der Waals surface area (Å²) in [5.74, 6) is -0.951. The summed E-state index contributed by atoms with van der Waals surface area (Å²) in [4.78, 5) is 14.8. The van der Waals surface area contributed by atoms with Gasteiger partial charge in [0.2, 0.25) is 5.60 Å². The molecule has 0 saturated heterocycles. The molecule has 0 aliphatic rings. The second-order valence-electron chi connectivity index (χ2n) is 2.65. The SMILES string of the molecule is CC(O)(C(=O)OCl)c1ccccn1. The summed E-state index contributed by atoms with van der Waals surface area (Å²) in [6.07, 6.45) is 1.46. The second kappa shape index (κ2) is 3.72. The number of aromatic nitrogens is 1. The minimum atomic E-state index is -1.80. The summed E-state index contributed by atoms with van der Waals surface area (Å²) < 4.78 is 3.91. The van der Waals surface area contributed by atoms with Gasteiger partial charge >= 0.3 is 5.97 Å². The predicted octanol–water partition coefficient (Wildman–Crippen LogP) is 0.986. The highest BCUT2D eigenvalue weighted by molar-refractivity contribution is 6.14. The summed E-state index contributed by atoms with van der Waals surface area (Å²) in [7, 11) is 0. The lowest BCUT2D eigenvalue weighted by Crippen LogP contribution is -2.33. The van der Waals surface area contributed by atoms with Crippen LogP contribution >= 0.6 is 11.9 Å². The number of nitrogens with zero attached hydrogens (tertiary/aromatic N) is 1. The first-order chi connectivity index (χ1) is 6.09. The Morgan fingerprint density at radius 2 is 2.38 bits per heavy atom. The van der Waals surface area contributed by atoms with Crippen molar-refractivity contribution in [2.75, 3.05) is 0 Å². The molecule has 0 amide bonds. The molecule has 0 radical (unpaired) electrons. The van der Waals surface area contributed by atoms with Gasteiger partial charge in [-0.05, 0) is 19.1 Å². The van der Waals surface area contributed by atoms with Crippen LogP contribution in [0.25, 0.3) is 0 Å². The van der Waals surface area contributed by atoms with Gasteiger partial charge in [0.05, 0.1) is 5.69 Å². The average molecular weight is 202 g/mol. The molecule has 5 heteroatoms. The molecule has 1 unspecified atom stereocenters. The topological polar surface area (TPSA) is 59.4 Å². The van der Waals surface area contributed by atoms with Gasteiger partial charge in [0.1, 0.15) is 11.9 Å². The minimum Gasteiger partial charge on any atom is -0.373 e. The van der Waals surface area contributed by atoms with E-state index >= 15 is 0 Å². The van der Waals surface area contributed by atoms with Gasteiger partial charge in [-0.15, -0.1) is 0 Å². The zero-order valence-electron chi connectivity index (χ0n) is 6.90. The van der Waals surface area contributed by atoms with Crippen molar-refractivity contribution < 1.29 is 14.2 Å². The Balaban J connectivity index is 3.00. The van der Waals surface area contributed by atoms with Gasteiger partial charge in [0.15, 0.2) is 0 Å². The zero-order chi connectivity index (χ0) is 9.90. The van der Waals surface area contributed by atoms with Crippen LogP contribution in [0.2, 0.25) is 0 Å². The fourth-order valence-corrected chi connectivity index (χ4v) is 0.981. The lowest BCUT2D eigenvalue weighted by molar-refractivity contribution is -0.154. The highest BCUT2D eigenvalue weighted by Crippen LogP contribution is 2.19. The third kappa shape index (κ3) is 1.96. The Hall–Kier alpha value is -1.13. The molecule has 0 spiro atoms. The highest BCUT2D eigenvalue weighted by atomic mass is 35.5. The summed E-state index contributed by atoms with van der Waals surface area (Å²) >= 11 is 4.85. The Morgan fingerprint density at radius 1 is 1.69 bits per heavy atom. The molecule has 0 bridgehead atoms. The fourth-order valence-electron chi connectivity index (χ4n) is 0.830. The third-order valence-electron chi connectivity index (χ3n) is 1.63. The number of aliphatic hydroxyl groups is 1. The number of rotatable bonds is 2. The normalized spacial score (nSPS) is 14.7. The van der Waals surface area contributed by atoms with E-state index < -0.39 is 11.6 Å². The van der Waals surface area contributed by atoms with Gasteiger partial charge in [0.25, 0.3) is 0 Å². The summed E-state index contributed by atoms with van der Waals surface area (Å²) in [6.45, 7) is 1.26. The van der Waals surface area contributed by atoms with Crippen LogP contribution in [0.3, 0.4) is 0 Å². The number of carbonyl (C=O) groups is 1. The standard InChI is InChI=1S/C8H8ClNO3/c1-8(12,7(11)13-9)6-4-2-3-5-10-6/h2-5,12H,1H3. The fraction of sp³-hybridized carbons (Fsp3) is 0.250. The van der Waals surface area contributed by atoms with E-state index in [-0.39, 0.29) is 5.69 Å². The molecule has 1 aromatic heterocycles. The molecule has 1 rings (SSSR count).